The molecule has 0 bridgehead atoms. The van der Waals surface area contributed by atoms with E-state index in [2.05, 4.69) is 73.0 Å². The highest BCUT2D eigenvalue weighted by atomic mass is 16.2. The lowest BCUT2D eigenvalue weighted by molar-refractivity contribution is -0.145. The van der Waals surface area contributed by atoms with Crippen LogP contribution in [0.25, 0.3) is 17.0 Å². The van der Waals surface area contributed by atoms with Gasteiger partial charge in [0, 0.05) is 64.9 Å². The number of amides is 3. The minimum Gasteiger partial charge on any atom is -0.381 e. The number of benzene rings is 2. The summed E-state index contributed by atoms with van der Waals surface area (Å²) in [7, 11) is 0. The van der Waals surface area contributed by atoms with Crippen molar-refractivity contribution in [1.82, 2.24) is 20.9 Å². The molecule has 1 saturated heterocycles. The number of carbonyl (C=O) groups excluding carboxylic acids is 4. The molecule has 1 unspecified atom stereocenters. The Balaban J connectivity index is 1.20. The minimum atomic E-state index is -1.19. The Labute approximate surface area is 313 Å². The summed E-state index contributed by atoms with van der Waals surface area (Å²) < 4.78 is 0. The van der Waals surface area contributed by atoms with Gasteiger partial charge in [0.05, 0.1) is 5.56 Å². The number of H-pyrrole nitrogens is 1. The van der Waals surface area contributed by atoms with Crippen LogP contribution in [0.3, 0.4) is 0 Å². The minimum absolute atomic E-state index is 0.0387. The first-order valence-electron chi connectivity index (χ1n) is 19.3. The smallest absolute Gasteiger partial charge is 0.254 e. The first kappa shape index (κ1) is 37.8. The summed E-state index contributed by atoms with van der Waals surface area (Å²) >= 11 is 0. The highest BCUT2D eigenvalue weighted by Gasteiger charge is 2.65. The summed E-state index contributed by atoms with van der Waals surface area (Å²) in [5.41, 5.74) is 4.17. The second kappa shape index (κ2) is 16.0. The van der Waals surface area contributed by atoms with Crippen molar-refractivity contribution in [3.63, 3.8) is 0 Å². The van der Waals surface area contributed by atoms with Gasteiger partial charge in [-0.1, -0.05) is 80.8 Å². The monoisotopic (exact) mass is 717 g/mol. The van der Waals surface area contributed by atoms with Crippen LogP contribution in [0.2, 0.25) is 0 Å². The van der Waals surface area contributed by atoms with Crippen LogP contribution in [0.4, 0.5) is 5.69 Å². The topological polar surface area (TPSA) is 132 Å². The lowest BCUT2D eigenvalue weighted by Gasteiger charge is -2.45. The standard InChI is InChI=1S/C44H55N5O4/c1-26(2)21-38-40-29(5)28(4)23-32-22-27(3)13-7-8-14-33(24-39(50)44(32,40)43(53)49-38)48-37-18-12-10-16-35(37)42(52)47-30(6)41(51)45-20-19-31-25-46-36-17-11-9-15-34(31)36/h9-12,15-20,22-23,25-26,29-30,32-33,38,40,46,48H,7-8,13-14,21,24H2,1-6H3,(H,45,51)(H,47,52)(H,49,53)/b20-19+,27-22+/t29-,30-,32+,33?,38+,40+,44-/m1/s1. The third-order valence-corrected chi connectivity index (χ3v) is 11.7. The normalized spacial score (nSPS) is 27.9. The van der Waals surface area contributed by atoms with Crippen LogP contribution in [-0.2, 0) is 14.4 Å². The first-order chi connectivity index (χ1) is 25.4. The molecular formula is C44H55N5O4. The number of hydrogen-bond acceptors (Lipinski definition) is 5. The van der Waals surface area contributed by atoms with Gasteiger partial charge in [-0.15, -0.1) is 0 Å². The van der Waals surface area contributed by atoms with Crippen molar-refractivity contribution in [2.75, 3.05) is 5.32 Å². The second-order valence-corrected chi connectivity index (χ2v) is 15.9. The molecule has 7 atom stereocenters. The summed E-state index contributed by atoms with van der Waals surface area (Å²) in [6, 6.07) is 13.9. The second-order valence-electron chi connectivity index (χ2n) is 15.9. The van der Waals surface area contributed by atoms with Crippen LogP contribution < -0.4 is 21.3 Å². The molecule has 2 aromatic carbocycles. The van der Waals surface area contributed by atoms with E-state index in [4.69, 9.17) is 0 Å². The molecule has 1 spiro atoms. The van der Waals surface area contributed by atoms with Crippen molar-refractivity contribution < 1.29 is 19.2 Å². The van der Waals surface area contributed by atoms with Gasteiger partial charge in [-0.05, 0) is 82.6 Å². The van der Waals surface area contributed by atoms with Crippen molar-refractivity contribution in [1.29, 1.82) is 0 Å². The largest absolute Gasteiger partial charge is 0.381 e. The fourth-order valence-electron chi connectivity index (χ4n) is 8.94. The predicted octanol–water partition coefficient (Wildman–Crippen LogP) is 7.69. The van der Waals surface area contributed by atoms with Crippen LogP contribution >= 0.6 is 0 Å². The molecule has 0 saturated carbocycles. The maximum atomic E-state index is 15.0. The Morgan fingerprint density at radius 1 is 1.00 bits per heavy atom. The van der Waals surface area contributed by atoms with Gasteiger partial charge < -0.3 is 26.3 Å². The molecule has 2 heterocycles. The first-order valence-corrected chi connectivity index (χ1v) is 19.3. The molecule has 3 aromatic rings. The van der Waals surface area contributed by atoms with E-state index < -0.39 is 17.4 Å². The van der Waals surface area contributed by atoms with E-state index in [9.17, 15) is 19.2 Å². The van der Waals surface area contributed by atoms with Gasteiger partial charge in [-0.2, -0.15) is 0 Å². The number of carbonyl (C=O) groups is 4. The average molecular weight is 718 g/mol. The maximum absolute atomic E-state index is 15.0. The van der Waals surface area contributed by atoms with Crippen LogP contribution in [0.5, 0.6) is 0 Å². The highest BCUT2D eigenvalue weighted by molar-refractivity contribution is 6.10. The number of aromatic amines is 1. The maximum Gasteiger partial charge on any atom is 0.254 e. The zero-order chi connectivity index (χ0) is 37.9. The number of rotatable bonds is 9. The Kier molecular flexibility index (Phi) is 11.4. The van der Waals surface area contributed by atoms with Crippen molar-refractivity contribution in [2.24, 2.45) is 29.1 Å². The third kappa shape index (κ3) is 7.75. The fraction of sp³-hybridized carbons (Fsp3) is 0.455. The van der Waals surface area contributed by atoms with Crippen molar-refractivity contribution in [3.05, 3.63) is 95.4 Å². The van der Waals surface area contributed by atoms with Gasteiger partial charge in [0.25, 0.3) is 5.91 Å². The van der Waals surface area contributed by atoms with E-state index in [-0.39, 0.29) is 53.9 Å². The van der Waals surface area contributed by atoms with Gasteiger partial charge in [0.15, 0.2) is 5.78 Å². The molecule has 0 radical (unpaired) electrons. The lowest BCUT2D eigenvalue weighted by Crippen LogP contribution is -2.53. The molecule has 9 nitrogen and oxygen atoms in total. The number of aromatic nitrogens is 1. The van der Waals surface area contributed by atoms with Crippen LogP contribution in [-0.4, -0.2) is 46.6 Å². The van der Waals surface area contributed by atoms with E-state index in [1.165, 1.54) is 11.1 Å². The molecule has 5 N–H and O–H groups in total. The SMILES string of the molecule is CC1=C[C@@H]2/C=C(\C)CCCCC(Nc3ccccc3C(=O)N[C@H](C)C(=O)N/C=C/c3c[nH]c4ccccc34)CC(=O)[C@]23C(=O)N[C@@H](CC(C)C)[C@@H]3[C@@H]1C. The number of ketones is 1. The summed E-state index contributed by atoms with van der Waals surface area (Å²) in [6.45, 7) is 12.4. The number of fused-ring (bicyclic) bond motifs is 1. The quantitative estimate of drug-likeness (QED) is 0.114. The number of anilines is 1. The number of hydrogen-bond donors (Lipinski definition) is 5. The summed E-state index contributed by atoms with van der Waals surface area (Å²) in [6.07, 6.45) is 14.1. The van der Waals surface area contributed by atoms with Gasteiger partial charge in [-0.25, -0.2) is 0 Å². The van der Waals surface area contributed by atoms with Gasteiger partial charge in [0.2, 0.25) is 11.8 Å². The molecule has 1 fully saturated rings. The van der Waals surface area contributed by atoms with Crippen molar-refractivity contribution >= 4 is 46.2 Å². The zero-order valence-electron chi connectivity index (χ0n) is 31.9. The van der Waals surface area contributed by atoms with Gasteiger partial charge >= 0.3 is 0 Å². The fourth-order valence-corrected chi connectivity index (χ4v) is 8.94. The van der Waals surface area contributed by atoms with Gasteiger partial charge in [-0.3, -0.25) is 19.2 Å². The number of para-hydroxylation sites is 2. The lowest BCUT2D eigenvalue weighted by atomic mass is 9.54. The Morgan fingerprint density at radius 2 is 1.75 bits per heavy atom. The average Bonchev–Trinajstić information content (AvgIpc) is 3.66. The van der Waals surface area contributed by atoms with E-state index in [1.54, 1.807) is 25.3 Å². The molecule has 2 aliphatic carbocycles. The zero-order valence-corrected chi connectivity index (χ0v) is 31.9. The highest BCUT2D eigenvalue weighted by Crippen LogP contribution is 2.55. The molecule has 1 aliphatic heterocycles. The summed E-state index contributed by atoms with van der Waals surface area (Å²) in [4.78, 5) is 59.2. The predicted molar refractivity (Wildman–Crippen MR) is 212 cm³/mol. The Bertz CT molecular complexity index is 1950. The van der Waals surface area contributed by atoms with E-state index in [1.807, 2.05) is 48.7 Å². The number of Topliss-reactive ketones (excluding diaryl/α,β-unsaturated/α-hetero) is 1. The molecule has 9 heteroatoms. The van der Waals surface area contributed by atoms with Crippen molar-refractivity contribution in [3.8, 4) is 0 Å². The third-order valence-electron chi connectivity index (χ3n) is 11.7. The van der Waals surface area contributed by atoms with Crippen LogP contribution in [0.1, 0.15) is 96.0 Å². The molecule has 53 heavy (non-hydrogen) atoms. The summed E-state index contributed by atoms with van der Waals surface area (Å²) in [5.74, 6) is -0.939. The van der Waals surface area contributed by atoms with Gasteiger partial charge in [0.1, 0.15) is 11.5 Å². The molecular weight excluding hydrogens is 663 g/mol. The molecule has 1 aromatic heterocycles. The van der Waals surface area contributed by atoms with Crippen molar-refractivity contribution in [2.45, 2.75) is 98.2 Å². The summed E-state index contributed by atoms with van der Waals surface area (Å²) in [5, 5.41) is 13.6. The molecule has 3 aliphatic rings. The van der Waals surface area contributed by atoms with Crippen LogP contribution in [0, 0.1) is 29.1 Å². The Hall–Kier alpha value is -4.92. The van der Waals surface area contributed by atoms with E-state index in [0.717, 1.165) is 42.1 Å². The molecule has 6 rings (SSSR count). The molecule has 3 amide bonds. The van der Waals surface area contributed by atoms with E-state index in [0.29, 0.717) is 23.6 Å². The Morgan fingerprint density at radius 3 is 2.55 bits per heavy atom. The van der Waals surface area contributed by atoms with Crippen LogP contribution in [0.15, 0.2) is 84.2 Å². The molecule has 280 valence electrons. The number of nitrogens with one attached hydrogen (secondary N) is 5. The number of allylic oxidation sites excluding steroid dienone is 4. The van der Waals surface area contributed by atoms with E-state index >= 15 is 0 Å².